The Hall–Kier alpha value is -6.42. The van der Waals surface area contributed by atoms with Crippen LogP contribution in [-0.2, 0) is 0 Å². The Kier molecular flexibility index (Phi) is 6.16. The molecule has 0 aliphatic carbocycles. The van der Waals surface area contributed by atoms with Gasteiger partial charge in [-0.1, -0.05) is 121 Å². The lowest BCUT2D eigenvalue weighted by molar-refractivity contribution is 1.17. The zero-order valence-corrected chi connectivity index (χ0v) is 28.4. The molecule has 0 spiro atoms. The van der Waals surface area contributed by atoms with Crippen molar-refractivity contribution in [3.05, 3.63) is 182 Å². The first-order chi connectivity index (χ1) is 25.3. The molecule has 2 nitrogen and oxygen atoms in total. The first kappa shape index (κ1) is 28.4. The highest BCUT2D eigenvalue weighted by atomic mass is 32.1. The van der Waals surface area contributed by atoms with Crippen LogP contribution >= 0.6 is 11.3 Å². The second kappa shape index (κ2) is 11.0. The van der Waals surface area contributed by atoms with Gasteiger partial charge in [0.25, 0.3) is 0 Å². The van der Waals surface area contributed by atoms with E-state index in [1.165, 1.54) is 80.0 Å². The molecule has 2 aromatic heterocycles. The summed E-state index contributed by atoms with van der Waals surface area (Å²) in [6.07, 6.45) is 0. The van der Waals surface area contributed by atoms with Crippen molar-refractivity contribution < 1.29 is 0 Å². The number of thiophene rings is 1. The van der Waals surface area contributed by atoms with Crippen molar-refractivity contribution in [3.8, 4) is 5.69 Å². The second-order valence-electron chi connectivity index (χ2n) is 13.3. The Morgan fingerprint density at radius 1 is 0.353 bits per heavy atom. The van der Waals surface area contributed by atoms with Crippen LogP contribution in [0.5, 0.6) is 0 Å². The SMILES string of the molecule is c1ccc2c(c1)sc1c(N(c3ccc(-n4c5ccccc5c5ccccc54)cc3)c3ccc4c5ccccc5c5ccccc5c4c3)cccc12. The van der Waals surface area contributed by atoms with Crippen LogP contribution in [0.25, 0.3) is 80.0 Å². The van der Waals surface area contributed by atoms with E-state index in [9.17, 15) is 0 Å². The Labute approximate surface area is 298 Å². The van der Waals surface area contributed by atoms with Gasteiger partial charge in [-0.2, -0.15) is 0 Å². The Morgan fingerprint density at radius 2 is 0.843 bits per heavy atom. The molecule has 238 valence electrons. The minimum absolute atomic E-state index is 1.12. The molecule has 0 saturated heterocycles. The van der Waals surface area contributed by atoms with Crippen LogP contribution in [0.1, 0.15) is 0 Å². The summed E-state index contributed by atoms with van der Waals surface area (Å²) in [7, 11) is 0. The van der Waals surface area contributed by atoms with E-state index in [4.69, 9.17) is 0 Å². The minimum atomic E-state index is 1.12. The lowest BCUT2D eigenvalue weighted by Gasteiger charge is -2.27. The average molecular weight is 667 g/mol. The van der Waals surface area contributed by atoms with Gasteiger partial charge in [-0.3, -0.25) is 0 Å². The maximum absolute atomic E-state index is 2.46. The largest absolute Gasteiger partial charge is 0.309 e. The normalized spacial score (nSPS) is 11.9. The van der Waals surface area contributed by atoms with Crippen LogP contribution in [0.3, 0.4) is 0 Å². The van der Waals surface area contributed by atoms with Gasteiger partial charge < -0.3 is 9.47 Å². The number of fused-ring (bicyclic) bond motifs is 12. The number of hydrogen-bond donors (Lipinski definition) is 0. The standard InChI is InChI=1S/C48H30N2S/c1-2-14-36-34(12-1)35-13-3-4-15-37(35)43-30-33(28-29-38(36)43)49(46-22-11-19-42-41-18-7-10-23-47(41)51-48(42)46)31-24-26-32(27-25-31)50-44-20-8-5-16-39(44)40-17-6-9-21-45(40)50/h1-30H. The fourth-order valence-electron chi connectivity index (χ4n) is 8.32. The van der Waals surface area contributed by atoms with Gasteiger partial charge >= 0.3 is 0 Å². The predicted molar refractivity (Wildman–Crippen MR) is 221 cm³/mol. The van der Waals surface area contributed by atoms with Crippen LogP contribution in [0, 0.1) is 0 Å². The smallest absolute Gasteiger partial charge is 0.0640 e. The van der Waals surface area contributed by atoms with E-state index >= 15 is 0 Å². The fourth-order valence-corrected chi connectivity index (χ4v) is 9.53. The number of anilines is 3. The summed E-state index contributed by atoms with van der Waals surface area (Å²) in [5, 5.41) is 12.8. The van der Waals surface area contributed by atoms with Crippen molar-refractivity contribution in [2.45, 2.75) is 0 Å². The minimum Gasteiger partial charge on any atom is -0.309 e. The van der Waals surface area contributed by atoms with Crippen molar-refractivity contribution >= 4 is 103 Å². The van der Waals surface area contributed by atoms with Gasteiger partial charge in [-0.05, 0) is 93.0 Å². The topological polar surface area (TPSA) is 8.17 Å². The zero-order valence-electron chi connectivity index (χ0n) is 27.6. The molecule has 0 N–H and O–H groups in total. The van der Waals surface area contributed by atoms with Crippen LogP contribution in [0.4, 0.5) is 17.1 Å². The molecule has 0 atom stereocenters. The number of para-hydroxylation sites is 2. The molecule has 2 heterocycles. The quantitative estimate of drug-likeness (QED) is 0.170. The third kappa shape index (κ3) is 4.22. The molecule has 0 amide bonds. The molecule has 0 radical (unpaired) electrons. The molecule has 0 saturated carbocycles. The molecule has 51 heavy (non-hydrogen) atoms. The van der Waals surface area contributed by atoms with E-state index in [1.54, 1.807) is 0 Å². The Balaban J connectivity index is 1.17. The molecule has 11 aromatic rings. The first-order valence-electron chi connectivity index (χ1n) is 17.4. The van der Waals surface area contributed by atoms with Gasteiger partial charge in [0.15, 0.2) is 0 Å². The number of nitrogens with zero attached hydrogens (tertiary/aromatic N) is 2. The third-order valence-electron chi connectivity index (χ3n) is 10.6. The molecule has 11 rings (SSSR count). The number of benzene rings is 9. The number of rotatable bonds is 4. The third-order valence-corrected chi connectivity index (χ3v) is 11.8. The lowest BCUT2D eigenvalue weighted by atomic mass is 9.94. The average Bonchev–Trinajstić information content (AvgIpc) is 3.75. The molecule has 0 bridgehead atoms. The zero-order chi connectivity index (χ0) is 33.5. The monoisotopic (exact) mass is 666 g/mol. The highest BCUT2D eigenvalue weighted by molar-refractivity contribution is 7.26. The van der Waals surface area contributed by atoms with Crippen molar-refractivity contribution in [1.29, 1.82) is 0 Å². The van der Waals surface area contributed by atoms with E-state index in [0.717, 1.165) is 17.1 Å². The van der Waals surface area contributed by atoms with Gasteiger partial charge in [0.1, 0.15) is 0 Å². The first-order valence-corrected chi connectivity index (χ1v) is 18.3. The van der Waals surface area contributed by atoms with Gasteiger partial charge in [0.05, 0.1) is 21.4 Å². The molecule has 3 heteroatoms. The summed E-state index contributed by atoms with van der Waals surface area (Å²) >= 11 is 1.87. The maximum Gasteiger partial charge on any atom is 0.0640 e. The van der Waals surface area contributed by atoms with Gasteiger partial charge in [-0.25, -0.2) is 0 Å². The molecule has 0 fully saturated rings. The van der Waals surface area contributed by atoms with Crippen LogP contribution < -0.4 is 4.90 Å². The molecule has 0 aliphatic heterocycles. The molecule has 0 unspecified atom stereocenters. The van der Waals surface area contributed by atoms with E-state index in [0.29, 0.717) is 0 Å². The summed E-state index contributed by atoms with van der Waals surface area (Å²) in [5.41, 5.74) is 7.01. The molecular formula is C48H30N2S. The maximum atomic E-state index is 2.46. The summed E-state index contributed by atoms with van der Waals surface area (Å²) in [6, 6.07) is 66.7. The van der Waals surface area contributed by atoms with Gasteiger partial charge in [0, 0.05) is 43.3 Å². The Morgan fingerprint density at radius 3 is 1.49 bits per heavy atom. The summed E-state index contributed by atoms with van der Waals surface area (Å²) in [6.45, 7) is 0. The predicted octanol–water partition coefficient (Wildman–Crippen LogP) is 14.1. The highest BCUT2D eigenvalue weighted by Gasteiger charge is 2.20. The van der Waals surface area contributed by atoms with Crippen molar-refractivity contribution in [1.82, 2.24) is 4.57 Å². The van der Waals surface area contributed by atoms with E-state index in [2.05, 4.69) is 191 Å². The number of aromatic nitrogens is 1. The summed E-state index contributed by atoms with van der Waals surface area (Å²) < 4.78 is 4.98. The van der Waals surface area contributed by atoms with E-state index in [-0.39, 0.29) is 0 Å². The van der Waals surface area contributed by atoms with Crippen molar-refractivity contribution in [2.24, 2.45) is 0 Å². The van der Waals surface area contributed by atoms with Crippen LogP contribution in [0.2, 0.25) is 0 Å². The summed E-state index contributed by atoms with van der Waals surface area (Å²) in [4.78, 5) is 2.46. The van der Waals surface area contributed by atoms with Gasteiger partial charge in [-0.15, -0.1) is 11.3 Å². The van der Waals surface area contributed by atoms with Crippen LogP contribution in [-0.4, -0.2) is 4.57 Å². The lowest BCUT2D eigenvalue weighted by Crippen LogP contribution is -2.10. The van der Waals surface area contributed by atoms with Crippen molar-refractivity contribution in [2.75, 3.05) is 4.90 Å². The fraction of sp³-hybridized carbons (Fsp3) is 0. The highest BCUT2D eigenvalue weighted by Crippen LogP contribution is 2.46. The number of hydrogen-bond acceptors (Lipinski definition) is 2. The van der Waals surface area contributed by atoms with Gasteiger partial charge in [0.2, 0.25) is 0 Å². The second-order valence-corrected chi connectivity index (χ2v) is 14.3. The van der Waals surface area contributed by atoms with Crippen molar-refractivity contribution in [3.63, 3.8) is 0 Å². The molecule has 9 aromatic carbocycles. The molecular weight excluding hydrogens is 637 g/mol. The summed E-state index contributed by atoms with van der Waals surface area (Å²) in [5.74, 6) is 0. The van der Waals surface area contributed by atoms with E-state index in [1.807, 2.05) is 11.3 Å². The molecule has 0 aliphatic rings. The van der Waals surface area contributed by atoms with Crippen LogP contribution in [0.15, 0.2) is 182 Å². The Bertz CT molecular complexity index is 3060. The van der Waals surface area contributed by atoms with E-state index < -0.39 is 0 Å².